The summed E-state index contributed by atoms with van der Waals surface area (Å²) in [6.07, 6.45) is 0. The molecule has 0 atom stereocenters. The average Bonchev–Trinajstić information content (AvgIpc) is 2.33. The van der Waals surface area contributed by atoms with E-state index in [9.17, 15) is 0 Å². The predicted octanol–water partition coefficient (Wildman–Crippen LogP) is 3.55. The smallest absolute Gasteiger partial charge is 0.226 e. The van der Waals surface area contributed by atoms with Crippen molar-refractivity contribution < 1.29 is 4.74 Å². The van der Waals surface area contributed by atoms with E-state index in [0.717, 1.165) is 23.4 Å². The van der Waals surface area contributed by atoms with Gasteiger partial charge in [0.15, 0.2) is 0 Å². The van der Waals surface area contributed by atoms with Crippen LogP contribution in [0.4, 0.5) is 11.8 Å². The van der Waals surface area contributed by atoms with E-state index in [4.69, 9.17) is 22.1 Å². The highest BCUT2D eigenvalue weighted by molar-refractivity contribution is 6.30. The van der Waals surface area contributed by atoms with Crippen LogP contribution < -0.4 is 15.8 Å². The lowest BCUT2D eigenvalue weighted by Gasteiger charge is -2.12. The molecule has 2 rings (SSSR count). The third-order valence-corrected chi connectivity index (χ3v) is 2.93. The van der Waals surface area contributed by atoms with Crippen LogP contribution in [0.25, 0.3) is 0 Å². The van der Waals surface area contributed by atoms with Gasteiger partial charge in [-0.25, -0.2) is 0 Å². The van der Waals surface area contributed by atoms with Gasteiger partial charge in [0, 0.05) is 17.6 Å². The molecule has 0 radical (unpaired) electrons. The minimum atomic E-state index is 0.169. The van der Waals surface area contributed by atoms with Gasteiger partial charge in [0.25, 0.3) is 0 Å². The fourth-order valence-corrected chi connectivity index (χ4v) is 2.26. The molecule has 0 fully saturated rings. The van der Waals surface area contributed by atoms with Crippen LogP contribution in [-0.4, -0.2) is 16.5 Å². The monoisotopic (exact) mass is 292 g/mol. The van der Waals surface area contributed by atoms with Crippen molar-refractivity contribution >= 4 is 23.4 Å². The van der Waals surface area contributed by atoms with Gasteiger partial charge in [0.05, 0.1) is 0 Å². The summed E-state index contributed by atoms with van der Waals surface area (Å²) < 4.78 is 5.83. The molecule has 1 aromatic heterocycles. The summed E-state index contributed by atoms with van der Waals surface area (Å²) in [5, 5.41) is 3.76. The van der Waals surface area contributed by atoms with Gasteiger partial charge in [-0.2, -0.15) is 9.97 Å². The quantitative estimate of drug-likeness (QED) is 0.901. The van der Waals surface area contributed by atoms with Gasteiger partial charge in [-0.15, -0.1) is 0 Å². The number of rotatable bonds is 4. The Morgan fingerprint density at radius 2 is 1.85 bits per heavy atom. The van der Waals surface area contributed by atoms with Crippen molar-refractivity contribution in [2.45, 2.75) is 20.8 Å². The third kappa shape index (κ3) is 3.30. The molecule has 5 nitrogen and oxygen atoms in total. The molecule has 0 spiro atoms. The summed E-state index contributed by atoms with van der Waals surface area (Å²) in [5.41, 5.74) is 7.56. The SMILES string of the molecule is CCNc1cc(Oc2c(C)cc(Cl)cc2C)nc(N)n1. The van der Waals surface area contributed by atoms with E-state index in [1.54, 1.807) is 6.07 Å². The van der Waals surface area contributed by atoms with Gasteiger partial charge in [-0.1, -0.05) is 11.6 Å². The van der Waals surface area contributed by atoms with E-state index in [2.05, 4.69) is 15.3 Å². The fraction of sp³-hybridized carbons (Fsp3) is 0.286. The highest BCUT2D eigenvalue weighted by atomic mass is 35.5. The molecule has 0 saturated heterocycles. The molecule has 3 N–H and O–H groups in total. The van der Waals surface area contributed by atoms with Crippen LogP contribution in [0.2, 0.25) is 5.02 Å². The van der Waals surface area contributed by atoms with Crippen LogP contribution in [0.15, 0.2) is 18.2 Å². The van der Waals surface area contributed by atoms with Crippen LogP contribution in [0, 0.1) is 13.8 Å². The number of benzene rings is 1. The van der Waals surface area contributed by atoms with Crippen LogP contribution in [-0.2, 0) is 0 Å². The minimum absolute atomic E-state index is 0.169. The number of hydrogen-bond donors (Lipinski definition) is 2. The molecule has 1 aromatic carbocycles. The maximum atomic E-state index is 6.01. The molecule has 0 amide bonds. The Morgan fingerprint density at radius 3 is 2.45 bits per heavy atom. The van der Waals surface area contributed by atoms with E-state index in [-0.39, 0.29) is 5.95 Å². The first-order chi connectivity index (χ1) is 9.49. The van der Waals surface area contributed by atoms with E-state index >= 15 is 0 Å². The zero-order valence-electron chi connectivity index (χ0n) is 11.7. The second kappa shape index (κ2) is 5.96. The molecule has 0 unspecified atom stereocenters. The van der Waals surface area contributed by atoms with Gasteiger partial charge >= 0.3 is 0 Å². The Kier molecular flexibility index (Phi) is 4.29. The van der Waals surface area contributed by atoms with Crippen molar-refractivity contribution in [3.63, 3.8) is 0 Å². The molecule has 0 aliphatic rings. The number of nitrogens with two attached hydrogens (primary N) is 1. The lowest BCUT2D eigenvalue weighted by Crippen LogP contribution is -2.04. The second-order valence-electron chi connectivity index (χ2n) is 4.45. The van der Waals surface area contributed by atoms with Crippen molar-refractivity contribution in [3.8, 4) is 11.6 Å². The third-order valence-electron chi connectivity index (χ3n) is 2.71. The molecule has 106 valence electrons. The summed E-state index contributed by atoms with van der Waals surface area (Å²) in [6, 6.07) is 5.41. The van der Waals surface area contributed by atoms with Crippen LogP contribution >= 0.6 is 11.6 Å². The number of aryl methyl sites for hydroxylation is 2. The molecule has 0 aliphatic heterocycles. The van der Waals surface area contributed by atoms with Crippen LogP contribution in [0.5, 0.6) is 11.6 Å². The summed E-state index contributed by atoms with van der Waals surface area (Å²) in [5.74, 6) is 1.94. The van der Waals surface area contributed by atoms with E-state index in [1.807, 2.05) is 32.9 Å². The largest absolute Gasteiger partial charge is 0.438 e. The molecule has 0 saturated carbocycles. The van der Waals surface area contributed by atoms with Crippen molar-refractivity contribution in [1.82, 2.24) is 9.97 Å². The lowest BCUT2D eigenvalue weighted by molar-refractivity contribution is 0.456. The summed E-state index contributed by atoms with van der Waals surface area (Å²) in [7, 11) is 0. The Balaban J connectivity index is 2.35. The molecular formula is C14H17ClN4O. The predicted molar refractivity (Wildman–Crippen MR) is 81.6 cm³/mol. The van der Waals surface area contributed by atoms with Gasteiger partial charge in [-0.05, 0) is 44.0 Å². The first-order valence-electron chi connectivity index (χ1n) is 6.32. The first kappa shape index (κ1) is 14.4. The maximum Gasteiger partial charge on any atom is 0.226 e. The summed E-state index contributed by atoms with van der Waals surface area (Å²) in [4.78, 5) is 8.17. The molecule has 0 bridgehead atoms. The Hall–Kier alpha value is -2.01. The average molecular weight is 293 g/mol. The van der Waals surface area contributed by atoms with Crippen molar-refractivity contribution in [2.24, 2.45) is 0 Å². The van der Waals surface area contributed by atoms with Gasteiger partial charge in [-0.3, -0.25) is 0 Å². The summed E-state index contributed by atoms with van der Waals surface area (Å²) in [6.45, 7) is 6.59. The number of nitrogens with one attached hydrogen (secondary N) is 1. The number of nitrogen functional groups attached to an aromatic ring is 1. The number of anilines is 2. The zero-order chi connectivity index (χ0) is 14.7. The van der Waals surface area contributed by atoms with Crippen molar-refractivity contribution in [3.05, 3.63) is 34.3 Å². The number of ether oxygens (including phenoxy) is 1. The number of hydrogen-bond acceptors (Lipinski definition) is 5. The van der Waals surface area contributed by atoms with Gasteiger partial charge in [0.1, 0.15) is 11.6 Å². The van der Waals surface area contributed by atoms with Crippen molar-refractivity contribution in [1.29, 1.82) is 0 Å². The van der Waals surface area contributed by atoms with Gasteiger partial charge in [0.2, 0.25) is 11.8 Å². The highest BCUT2D eigenvalue weighted by Gasteiger charge is 2.10. The van der Waals surface area contributed by atoms with E-state index in [1.165, 1.54) is 0 Å². The molecular weight excluding hydrogens is 276 g/mol. The molecule has 20 heavy (non-hydrogen) atoms. The second-order valence-corrected chi connectivity index (χ2v) is 4.89. The maximum absolute atomic E-state index is 6.01. The number of halogens is 1. The van der Waals surface area contributed by atoms with Crippen molar-refractivity contribution in [2.75, 3.05) is 17.6 Å². The summed E-state index contributed by atoms with van der Waals surface area (Å²) >= 11 is 6.01. The van der Waals surface area contributed by atoms with Gasteiger partial charge < -0.3 is 15.8 Å². The van der Waals surface area contributed by atoms with E-state index in [0.29, 0.717) is 16.7 Å². The Bertz CT molecular complexity index is 608. The topological polar surface area (TPSA) is 73.1 Å². The standard InChI is InChI=1S/C14H17ClN4O/c1-4-17-11-7-12(19-14(16)18-11)20-13-8(2)5-10(15)6-9(13)3/h5-7H,4H2,1-3H3,(H3,16,17,18,19). The number of aromatic nitrogens is 2. The molecule has 0 aliphatic carbocycles. The fourth-order valence-electron chi connectivity index (χ4n) is 1.93. The van der Waals surface area contributed by atoms with E-state index < -0.39 is 0 Å². The number of nitrogens with zero attached hydrogens (tertiary/aromatic N) is 2. The Labute approximate surface area is 123 Å². The lowest BCUT2D eigenvalue weighted by atomic mass is 10.1. The molecule has 1 heterocycles. The normalized spacial score (nSPS) is 10.4. The van der Waals surface area contributed by atoms with Crippen LogP contribution in [0.3, 0.4) is 0 Å². The molecule has 6 heteroatoms. The first-order valence-corrected chi connectivity index (χ1v) is 6.70. The minimum Gasteiger partial charge on any atom is -0.438 e. The zero-order valence-corrected chi connectivity index (χ0v) is 12.5. The molecule has 2 aromatic rings. The highest BCUT2D eigenvalue weighted by Crippen LogP contribution is 2.31. The Morgan fingerprint density at radius 1 is 1.20 bits per heavy atom. The van der Waals surface area contributed by atoms with Crippen LogP contribution in [0.1, 0.15) is 18.1 Å².